The second-order valence-corrected chi connectivity index (χ2v) is 5.16. The summed E-state index contributed by atoms with van der Waals surface area (Å²) < 4.78 is 0. The smallest absolute Gasteiger partial charge is 0.128 e. The summed E-state index contributed by atoms with van der Waals surface area (Å²) in [5.41, 5.74) is 0.279. The average molecular weight is 206 g/mol. The lowest BCUT2D eigenvalue weighted by atomic mass is 9.68. The minimum Gasteiger partial charge on any atom is -0.241 e. The van der Waals surface area contributed by atoms with Crippen molar-refractivity contribution < 1.29 is 0 Å². The minimum atomic E-state index is 0.279. The highest BCUT2D eigenvalue weighted by molar-refractivity contribution is 4.96. The first-order chi connectivity index (χ1) is 6.97. The predicted molar refractivity (Wildman–Crippen MR) is 63.5 cm³/mol. The highest BCUT2D eigenvalue weighted by atomic mass is 14.9. The fourth-order valence-corrected chi connectivity index (χ4v) is 1.84. The van der Waals surface area contributed by atoms with Crippen LogP contribution in [0.1, 0.15) is 40.4 Å². The molecule has 2 heteroatoms. The van der Waals surface area contributed by atoms with Crippen molar-refractivity contribution in [3.63, 3.8) is 0 Å². The van der Waals surface area contributed by atoms with Gasteiger partial charge < -0.3 is 0 Å². The van der Waals surface area contributed by atoms with Crippen LogP contribution in [-0.2, 0) is 6.42 Å². The SMILES string of the molecule is CC(C)C(C)(Cc1ncccn1)C(C)C. The maximum atomic E-state index is 4.32. The van der Waals surface area contributed by atoms with Crippen LogP contribution in [0.2, 0.25) is 0 Å². The van der Waals surface area contributed by atoms with Crippen LogP contribution in [0.4, 0.5) is 0 Å². The molecule has 0 saturated heterocycles. The molecule has 0 fully saturated rings. The van der Waals surface area contributed by atoms with Crippen molar-refractivity contribution in [2.24, 2.45) is 17.3 Å². The molecule has 0 atom stereocenters. The third-order valence-electron chi connectivity index (χ3n) is 3.80. The summed E-state index contributed by atoms with van der Waals surface area (Å²) in [4.78, 5) is 8.63. The Morgan fingerprint density at radius 1 is 1.07 bits per heavy atom. The van der Waals surface area contributed by atoms with E-state index < -0.39 is 0 Å². The number of aromatic nitrogens is 2. The normalized spacial score (nSPS) is 12.5. The van der Waals surface area contributed by atoms with Gasteiger partial charge in [-0.05, 0) is 23.3 Å². The molecule has 0 N–H and O–H groups in total. The lowest BCUT2D eigenvalue weighted by Gasteiger charge is -2.37. The lowest BCUT2D eigenvalue weighted by molar-refractivity contribution is 0.134. The Kier molecular flexibility index (Phi) is 3.83. The standard InChI is InChI=1S/C13H22N2/c1-10(2)13(5,11(3)4)9-12-14-7-6-8-15-12/h6-8,10-11H,9H2,1-5H3. The molecule has 0 spiro atoms. The first kappa shape index (κ1) is 12.2. The van der Waals surface area contributed by atoms with Gasteiger partial charge in [0.05, 0.1) is 0 Å². The summed E-state index contributed by atoms with van der Waals surface area (Å²) in [5.74, 6) is 2.24. The first-order valence-corrected chi connectivity index (χ1v) is 5.72. The molecule has 0 unspecified atom stereocenters. The van der Waals surface area contributed by atoms with E-state index in [-0.39, 0.29) is 5.41 Å². The number of hydrogen-bond donors (Lipinski definition) is 0. The van der Waals surface area contributed by atoms with Gasteiger partial charge in [-0.3, -0.25) is 0 Å². The average Bonchev–Trinajstić information content (AvgIpc) is 2.18. The van der Waals surface area contributed by atoms with Gasteiger partial charge in [-0.15, -0.1) is 0 Å². The Hall–Kier alpha value is -0.920. The highest BCUT2D eigenvalue weighted by Crippen LogP contribution is 2.37. The van der Waals surface area contributed by atoms with E-state index >= 15 is 0 Å². The van der Waals surface area contributed by atoms with E-state index in [0.29, 0.717) is 11.8 Å². The molecule has 0 aliphatic rings. The second kappa shape index (κ2) is 4.73. The van der Waals surface area contributed by atoms with Gasteiger partial charge in [-0.1, -0.05) is 34.6 Å². The largest absolute Gasteiger partial charge is 0.241 e. The first-order valence-electron chi connectivity index (χ1n) is 5.72. The molecule has 1 aromatic rings. The van der Waals surface area contributed by atoms with Crippen molar-refractivity contribution in [3.05, 3.63) is 24.3 Å². The van der Waals surface area contributed by atoms with Gasteiger partial charge in [0.2, 0.25) is 0 Å². The van der Waals surface area contributed by atoms with Gasteiger partial charge in [-0.25, -0.2) is 9.97 Å². The van der Waals surface area contributed by atoms with Crippen LogP contribution in [0, 0.1) is 17.3 Å². The van der Waals surface area contributed by atoms with Crippen LogP contribution in [0.25, 0.3) is 0 Å². The molecule has 0 radical (unpaired) electrons. The number of nitrogens with zero attached hydrogens (tertiary/aromatic N) is 2. The van der Waals surface area contributed by atoms with Crippen molar-refractivity contribution in [3.8, 4) is 0 Å². The second-order valence-electron chi connectivity index (χ2n) is 5.16. The molecule has 0 saturated carbocycles. The molecule has 0 bridgehead atoms. The zero-order valence-corrected chi connectivity index (χ0v) is 10.5. The van der Waals surface area contributed by atoms with Crippen molar-refractivity contribution in [2.75, 3.05) is 0 Å². The fourth-order valence-electron chi connectivity index (χ4n) is 1.84. The van der Waals surface area contributed by atoms with Gasteiger partial charge >= 0.3 is 0 Å². The summed E-state index contributed by atoms with van der Waals surface area (Å²) in [6.45, 7) is 11.5. The van der Waals surface area contributed by atoms with Crippen LogP contribution in [0.3, 0.4) is 0 Å². The summed E-state index contributed by atoms with van der Waals surface area (Å²) in [7, 11) is 0. The molecule has 1 aromatic heterocycles. The topological polar surface area (TPSA) is 25.8 Å². The molecule has 0 aliphatic heterocycles. The van der Waals surface area contributed by atoms with Crippen molar-refractivity contribution in [1.29, 1.82) is 0 Å². The van der Waals surface area contributed by atoms with Gasteiger partial charge in [0, 0.05) is 18.8 Å². The Morgan fingerprint density at radius 3 is 1.93 bits per heavy atom. The lowest BCUT2D eigenvalue weighted by Crippen LogP contribution is -2.32. The maximum absolute atomic E-state index is 4.32. The van der Waals surface area contributed by atoms with Crippen molar-refractivity contribution in [1.82, 2.24) is 9.97 Å². The third-order valence-corrected chi connectivity index (χ3v) is 3.80. The Bertz CT molecular complexity index is 283. The fraction of sp³-hybridized carbons (Fsp3) is 0.692. The molecular weight excluding hydrogens is 184 g/mol. The Labute approximate surface area is 93.2 Å². The quantitative estimate of drug-likeness (QED) is 0.755. The van der Waals surface area contributed by atoms with Crippen molar-refractivity contribution in [2.45, 2.75) is 41.0 Å². The molecule has 84 valence electrons. The molecule has 2 nitrogen and oxygen atoms in total. The Morgan fingerprint density at radius 2 is 1.53 bits per heavy atom. The summed E-state index contributed by atoms with van der Waals surface area (Å²) in [6, 6.07) is 1.87. The van der Waals surface area contributed by atoms with E-state index in [1.165, 1.54) is 0 Å². The van der Waals surface area contributed by atoms with Crippen LogP contribution in [0.15, 0.2) is 18.5 Å². The molecule has 0 aromatic carbocycles. The van der Waals surface area contributed by atoms with Crippen LogP contribution < -0.4 is 0 Å². The zero-order valence-electron chi connectivity index (χ0n) is 10.5. The summed E-state index contributed by atoms with van der Waals surface area (Å²) in [5, 5.41) is 0. The monoisotopic (exact) mass is 206 g/mol. The van der Waals surface area contributed by atoms with Gasteiger partial charge in [-0.2, -0.15) is 0 Å². The number of rotatable bonds is 4. The zero-order chi connectivity index (χ0) is 11.5. The van der Waals surface area contributed by atoms with E-state index in [4.69, 9.17) is 0 Å². The van der Waals surface area contributed by atoms with Gasteiger partial charge in [0.1, 0.15) is 5.82 Å². The van der Waals surface area contributed by atoms with Crippen LogP contribution >= 0.6 is 0 Å². The maximum Gasteiger partial charge on any atom is 0.128 e. The van der Waals surface area contributed by atoms with Crippen LogP contribution in [-0.4, -0.2) is 9.97 Å². The Balaban J connectivity index is 2.85. The van der Waals surface area contributed by atoms with Crippen molar-refractivity contribution >= 4 is 0 Å². The predicted octanol–water partition coefficient (Wildman–Crippen LogP) is 3.34. The minimum absolute atomic E-state index is 0.279. The van der Waals surface area contributed by atoms with E-state index in [2.05, 4.69) is 44.6 Å². The third kappa shape index (κ3) is 2.77. The van der Waals surface area contributed by atoms with Gasteiger partial charge in [0.15, 0.2) is 0 Å². The molecule has 0 amide bonds. The van der Waals surface area contributed by atoms with E-state index in [1.807, 2.05) is 18.5 Å². The van der Waals surface area contributed by atoms with Gasteiger partial charge in [0.25, 0.3) is 0 Å². The molecule has 1 rings (SSSR count). The van der Waals surface area contributed by atoms with E-state index in [0.717, 1.165) is 12.2 Å². The summed E-state index contributed by atoms with van der Waals surface area (Å²) >= 11 is 0. The molecule has 0 aliphatic carbocycles. The van der Waals surface area contributed by atoms with Crippen LogP contribution in [0.5, 0.6) is 0 Å². The molecule has 1 heterocycles. The van der Waals surface area contributed by atoms with E-state index in [9.17, 15) is 0 Å². The highest BCUT2D eigenvalue weighted by Gasteiger charge is 2.32. The summed E-state index contributed by atoms with van der Waals surface area (Å²) in [6.07, 6.45) is 4.61. The molecular formula is C13H22N2. The molecule has 15 heavy (non-hydrogen) atoms. The van der Waals surface area contributed by atoms with E-state index in [1.54, 1.807) is 0 Å². The number of hydrogen-bond acceptors (Lipinski definition) is 2.